The molecule has 0 aliphatic heterocycles. The molecule has 0 aliphatic rings. The van der Waals surface area contributed by atoms with E-state index >= 15 is 0 Å². The molecule has 0 saturated heterocycles. The zero-order valence-corrected chi connectivity index (χ0v) is 13.2. The summed E-state index contributed by atoms with van der Waals surface area (Å²) in [5.41, 5.74) is 0.794. The molecule has 1 rings (SSSR count). The van der Waals surface area contributed by atoms with Crippen molar-refractivity contribution in [1.29, 1.82) is 0 Å². The standard InChI is InChI=1S/C17H29FN2/c1-4-12-20(13-5-2)14-11-17(19-6-3)15-9-7-8-10-16(15)18/h7-10,17,19H,4-6,11-14H2,1-3H3. The summed E-state index contributed by atoms with van der Waals surface area (Å²) in [7, 11) is 0. The first-order valence-corrected chi connectivity index (χ1v) is 7.93. The van der Waals surface area contributed by atoms with Gasteiger partial charge < -0.3 is 10.2 Å². The van der Waals surface area contributed by atoms with Gasteiger partial charge in [-0.3, -0.25) is 0 Å². The molecule has 0 radical (unpaired) electrons. The maximum atomic E-state index is 13.9. The largest absolute Gasteiger partial charge is 0.310 e. The van der Waals surface area contributed by atoms with E-state index in [4.69, 9.17) is 0 Å². The van der Waals surface area contributed by atoms with Crippen LogP contribution in [0.2, 0.25) is 0 Å². The summed E-state index contributed by atoms with van der Waals surface area (Å²) < 4.78 is 13.9. The minimum atomic E-state index is -0.101. The van der Waals surface area contributed by atoms with Gasteiger partial charge in [-0.05, 0) is 51.5 Å². The first kappa shape index (κ1) is 17.1. The SMILES string of the molecule is CCCN(CCC)CCC(NCC)c1ccccc1F. The number of halogens is 1. The van der Waals surface area contributed by atoms with Crippen LogP contribution in [-0.2, 0) is 0 Å². The number of nitrogens with one attached hydrogen (secondary N) is 1. The molecule has 0 heterocycles. The molecular formula is C17H29FN2. The maximum Gasteiger partial charge on any atom is 0.127 e. The first-order chi connectivity index (χ1) is 9.72. The Kier molecular flexibility index (Phi) is 8.47. The van der Waals surface area contributed by atoms with Gasteiger partial charge in [-0.25, -0.2) is 4.39 Å². The van der Waals surface area contributed by atoms with Crippen LogP contribution < -0.4 is 5.32 Å². The Balaban J connectivity index is 2.65. The molecule has 1 aromatic rings. The highest BCUT2D eigenvalue weighted by Gasteiger charge is 2.15. The van der Waals surface area contributed by atoms with Crippen LogP contribution in [0.3, 0.4) is 0 Å². The number of hydrogen-bond acceptors (Lipinski definition) is 2. The van der Waals surface area contributed by atoms with E-state index in [1.165, 1.54) is 12.8 Å². The Hall–Kier alpha value is -0.930. The Morgan fingerprint density at radius 2 is 1.70 bits per heavy atom. The average molecular weight is 280 g/mol. The lowest BCUT2D eigenvalue weighted by Crippen LogP contribution is -2.31. The number of nitrogens with zero attached hydrogens (tertiary/aromatic N) is 1. The van der Waals surface area contributed by atoms with E-state index in [2.05, 4.69) is 31.0 Å². The van der Waals surface area contributed by atoms with Crippen molar-refractivity contribution in [3.8, 4) is 0 Å². The third-order valence-corrected chi connectivity index (χ3v) is 3.54. The predicted octanol–water partition coefficient (Wildman–Crippen LogP) is 3.99. The molecule has 1 aromatic carbocycles. The average Bonchev–Trinajstić information content (AvgIpc) is 2.44. The summed E-state index contributed by atoms with van der Waals surface area (Å²) in [5.74, 6) is -0.101. The second kappa shape index (κ2) is 9.89. The molecule has 0 amide bonds. The molecule has 1 atom stereocenters. The summed E-state index contributed by atoms with van der Waals surface area (Å²) in [6, 6.07) is 7.22. The van der Waals surface area contributed by atoms with Gasteiger partial charge in [0.1, 0.15) is 5.82 Å². The van der Waals surface area contributed by atoms with Crippen molar-refractivity contribution < 1.29 is 4.39 Å². The molecule has 1 N–H and O–H groups in total. The third kappa shape index (κ3) is 5.59. The van der Waals surface area contributed by atoms with Crippen molar-refractivity contribution in [3.05, 3.63) is 35.6 Å². The highest BCUT2D eigenvalue weighted by Crippen LogP contribution is 2.20. The van der Waals surface area contributed by atoms with Crippen LogP contribution in [0.25, 0.3) is 0 Å². The summed E-state index contributed by atoms with van der Waals surface area (Å²) in [4.78, 5) is 2.48. The van der Waals surface area contributed by atoms with Crippen LogP contribution in [-0.4, -0.2) is 31.1 Å². The molecule has 0 aliphatic carbocycles. The number of rotatable bonds is 10. The Morgan fingerprint density at radius 3 is 2.25 bits per heavy atom. The molecule has 0 saturated carbocycles. The maximum absolute atomic E-state index is 13.9. The Morgan fingerprint density at radius 1 is 1.05 bits per heavy atom. The van der Waals surface area contributed by atoms with Crippen LogP contribution in [0.4, 0.5) is 4.39 Å². The lowest BCUT2D eigenvalue weighted by molar-refractivity contribution is 0.256. The van der Waals surface area contributed by atoms with Crippen LogP contribution in [0.15, 0.2) is 24.3 Å². The smallest absolute Gasteiger partial charge is 0.127 e. The first-order valence-electron chi connectivity index (χ1n) is 7.93. The molecule has 0 bridgehead atoms. The minimum Gasteiger partial charge on any atom is -0.310 e. The highest BCUT2D eigenvalue weighted by molar-refractivity contribution is 5.21. The van der Waals surface area contributed by atoms with Crippen molar-refractivity contribution in [3.63, 3.8) is 0 Å². The Bertz CT molecular complexity index is 362. The van der Waals surface area contributed by atoms with Crippen molar-refractivity contribution in [2.75, 3.05) is 26.2 Å². The molecule has 0 spiro atoms. The zero-order valence-electron chi connectivity index (χ0n) is 13.2. The van der Waals surface area contributed by atoms with Gasteiger partial charge in [0.15, 0.2) is 0 Å². The quantitative estimate of drug-likeness (QED) is 0.697. The Labute approximate surface area is 123 Å². The van der Waals surface area contributed by atoms with E-state index in [-0.39, 0.29) is 11.9 Å². The number of hydrogen-bond donors (Lipinski definition) is 1. The van der Waals surface area contributed by atoms with E-state index in [0.717, 1.165) is 38.2 Å². The fourth-order valence-corrected chi connectivity index (χ4v) is 2.65. The van der Waals surface area contributed by atoms with E-state index in [1.54, 1.807) is 12.1 Å². The highest BCUT2D eigenvalue weighted by atomic mass is 19.1. The topological polar surface area (TPSA) is 15.3 Å². The summed E-state index contributed by atoms with van der Waals surface area (Å²) in [6.07, 6.45) is 3.30. The van der Waals surface area contributed by atoms with Gasteiger partial charge in [0, 0.05) is 11.6 Å². The molecule has 1 unspecified atom stereocenters. The van der Waals surface area contributed by atoms with Gasteiger partial charge in [0.25, 0.3) is 0 Å². The molecular weight excluding hydrogens is 251 g/mol. The van der Waals surface area contributed by atoms with Crippen molar-refractivity contribution in [2.24, 2.45) is 0 Å². The predicted molar refractivity (Wildman–Crippen MR) is 84.5 cm³/mol. The second-order valence-corrected chi connectivity index (χ2v) is 5.26. The third-order valence-electron chi connectivity index (χ3n) is 3.54. The van der Waals surface area contributed by atoms with Gasteiger partial charge in [0.05, 0.1) is 0 Å². The zero-order chi connectivity index (χ0) is 14.8. The van der Waals surface area contributed by atoms with Crippen molar-refractivity contribution in [1.82, 2.24) is 10.2 Å². The van der Waals surface area contributed by atoms with Gasteiger partial charge in [-0.2, -0.15) is 0 Å². The molecule has 2 nitrogen and oxygen atoms in total. The normalized spacial score (nSPS) is 12.8. The second-order valence-electron chi connectivity index (χ2n) is 5.26. The van der Waals surface area contributed by atoms with Crippen LogP contribution in [0.1, 0.15) is 51.6 Å². The summed E-state index contributed by atoms with van der Waals surface area (Å²) in [5, 5.41) is 3.41. The van der Waals surface area contributed by atoms with Crippen LogP contribution in [0.5, 0.6) is 0 Å². The lowest BCUT2D eigenvalue weighted by Gasteiger charge is -2.25. The van der Waals surface area contributed by atoms with Gasteiger partial charge in [-0.15, -0.1) is 0 Å². The van der Waals surface area contributed by atoms with Crippen LogP contribution in [0, 0.1) is 5.82 Å². The van der Waals surface area contributed by atoms with E-state index in [1.807, 2.05) is 12.1 Å². The van der Waals surface area contributed by atoms with E-state index in [0.29, 0.717) is 0 Å². The van der Waals surface area contributed by atoms with Gasteiger partial charge in [0.2, 0.25) is 0 Å². The van der Waals surface area contributed by atoms with Crippen molar-refractivity contribution in [2.45, 2.75) is 46.1 Å². The molecule has 0 aromatic heterocycles. The molecule has 114 valence electrons. The molecule has 20 heavy (non-hydrogen) atoms. The molecule has 3 heteroatoms. The minimum absolute atomic E-state index is 0.101. The van der Waals surface area contributed by atoms with Crippen LogP contribution >= 0.6 is 0 Å². The molecule has 0 fully saturated rings. The monoisotopic (exact) mass is 280 g/mol. The fourth-order valence-electron chi connectivity index (χ4n) is 2.65. The van der Waals surface area contributed by atoms with Gasteiger partial charge >= 0.3 is 0 Å². The lowest BCUT2D eigenvalue weighted by atomic mass is 10.0. The fraction of sp³-hybridized carbons (Fsp3) is 0.647. The van der Waals surface area contributed by atoms with Gasteiger partial charge in [-0.1, -0.05) is 39.0 Å². The summed E-state index contributed by atoms with van der Waals surface area (Å²) in [6.45, 7) is 10.6. The summed E-state index contributed by atoms with van der Waals surface area (Å²) >= 11 is 0. The van der Waals surface area contributed by atoms with E-state index in [9.17, 15) is 4.39 Å². The number of benzene rings is 1. The van der Waals surface area contributed by atoms with E-state index < -0.39 is 0 Å². The van der Waals surface area contributed by atoms with Crippen molar-refractivity contribution >= 4 is 0 Å².